The Morgan fingerprint density at radius 1 is 1.00 bits per heavy atom. The maximum atomic E-state index is 12.9. The fourth-order valence-corrected chi connectivity index (χ4v) is 6.55. The summed E-state index contributed by atoms with van der Waals surface area (Å²) in [7, 11) is -8.70. The van der Waals surface area contributed by atoms with E-state index in [4.69, 9.17) is 39.4 Å². The minimum atomic E-state index is -4.56. The summed E-state index contributed by atoms with van der Waals surface area (Å²) in [5, 5.41) is 27.2. The number of hydrogen-bond donors (Lipinski definition) is 4. The standard InChI is InChI=1S/C30H27Cl3N8O8S2/c1-3-40(10-5-11-50(44,45)46)20-8-9-25(26(15-20)35-17(2)42)37-38-29-22(16-34)28(33)39-41(29)27-23(31)13-19(14-24(27)32)36-30(43)18-6-4-7-21(12-18)51(47,48)49/h4,6-9,12-15H,3,5,10-11H2,1-2H3,(H,35,42)(H,36,43)(H,44,45,46)(H,47,48,49)/b38-37+. The predicted octanol–water partition coefficient (Wildman–Crippen LogP) is 6.68. The van der Waals surface area contributed by atoms with Crippen LogP contribution < -0.4 is 15.5 Å². The minimum Gasteiger partial charge on any atom is -0.372 e. The van der Waals surface area contributed by atoms with E-state index in [9.17, 15) is 36.2 Å². The molecule has 4 N–H and O–H groups in total. The van der Waals surface area contributed by atoms with E-state index in [1.165, 1.54) is 37.3 Å². The molecule has 0 aliphatic heterocycles. The number of carbonyl (C=O) groups excluding carboxylic acids is 2. The second kappa shape index (κ2) is 16.2. The number of nitrogens with zero attached hydrogens (tertiary/aromatic N) is 6. The van der Waals surface area contributed by atoms with Crippen LogP contribution in [0, 0.1) is 11.3 Å². The van der Waals surface area contributed by atoms with Gasteiger partial charge in [0.05, 0.1) is 26.4 Å². The summed E-state index contributed by atoms with van der Waals surface area (Å²) in [5.74, 6) is -1.79. The van der Waals surface area contributed by atoms with E-state index in [0.29, 0.717) is 12.2 Å². The zero-order valence-electron chi connectivity index (χ0n) is 26.5. The molecule has 4 rings (SSSR count). The third-order valence-corrected chi connectivity index (χ3v) is 9.43. The van der Waals surface area contributed by atoms with Gasteiger partial charge in [0.1, 0.15) is 23.0 Å². The Morgan fingerprint density at radius 2 is 1.69 bits per heavy atom. The van der Waals surface area contributed by atoms with Gasteiger partial charge in [-0.15, -0.1) is 10.2 Å². The topological polar surface area (TPSA) is 237 Å². The summed E-state index contributed by atoms with van der Waals surface area (Å²) in [4.78, 5) is 26.3. The molecule has 1 aromatic heterocycles. The summed E-state index contributed by atoms with van der Waals surface area (Å²) in [5.41, 5.74) is 0.804. The molecule has 2 amide bonds. The molecule has 0 radical (unpaired) electrons. The highest BCUT2D eigenvalue weighted by molar-refractivity contribution is 7.86. The van der Waals surface area contributed by atoms with Crippen molar-refractivity contribution in [1.82, 2.24) is 9.78 Å². The van der Waals surface area contributed by atoms with Gasteiger partial charge in [-0.05, 0) is 61.9 Å². The lowest BCUT2D eigenvalue weighted by molar-refractivity contribution is -0.114. The van der Waals surface area contributed by atoms with Gasteiger partial charge in [0.15, 0.2) is 11.0 Å². The van der Waals surface area contributed by atoms with Crippen molar-refractivity contribution < 1.29 is 35.5 Å². The number of azo groups is 1. The molecule has 21 heteroatoms. The highest BCUT2D eigenvalue weighted by Crippen LogP contribution is 2.39. The summed E-state index contributed by atoms with van der Waals surface area (Å²) < 4.78 is 64.8. The van der Waals surface area contributed by atoms with E-state index in [0.717, 1.165) is 16.8 Å². The lowest BCUT2D eigenvalue weighted by Gasteiger charge is -2.24. The molecule has 0 aliphatic carbocycles. The first kappa shape index (κ1) is 39.2. The third kappa shape index (κ3) is 10.0. The van der Waals surface area contributed by atoms with Gasteiger partial charge in [0, 0.05) is 37.0 Å². The van der Waals surface area contributed by atoms with Crippen molar-refractivity contribution in [2.45, 2.75) is 25.2 Å². The van der Waals surface area contributed by atoms with Gasteiger partial charge in [-0.3, -0.25) is 18.7 Å². The van der Waals surface area contributed by atoms with Crippen LogP contribution in [0.3, 0.4) is 0 Å². The van der Waals surface area contributed by atoms with Gasteiger partial charge in [-0.1, -0.05) is 40.9 Å². The number of rotatable bonds is 13. The fourth-order valence-electron chi connectivity index (χ4n) is 4.68. The Balaban J connectivity index is 1.69. The molecule has 0 saturated heterocycles. The number of halogens is 3. The number of amides is 2. The number of anilines is 3. The normalized spacial score (nSPS) is 11.7. The molecule has 4 aromatic rings. The van der Waals surface area contributed by atoms with Crippen LogP contribution in [0.1, 0.15) is 36.2 Å². The van der Waals surface area contributed by atoms with Crippen LogP contribution in [-0.2, 0) is 25.0 Å². The maximum absolute atomic E-state index is 12.9. The van der Waals surface area contributed by atoms with Gasteiger partial charge in [0.25, 0.3) is 26.1 Å². The first-order chi connectivity index (χ1) is 23.9. The van der Waals surface area contributed by atoms with Gasteiger partial charge < -0.3 is 15.5 Å². The van der Waals surface area contributed by atoms with Crippen molar-refractivity contribution in [2.75, 3.05) is 34.4 Å². The van der Waals surface area contributed by atoms with E-state index in [1.807, 2.05) is 17.9 Å². The summed E-state index contributed by atoms with van der Waals surface area (Å²) >= 11 is 19.4. The molecule has 0 fully saturated rings. The third-order valence-electron chi connectivity index (χ3n) is 6.93. The minimum absolute atomic E-state index is 0.00275. The van der Waals surface area contributed by atoms with Crippen LogP contribution in [0.25, 0.3) is 5.69 Å². The average molecular weight is 798 g/mol. The van der Waals surface area contributed by atoms with Crippen LogP contribution in [0.15, 0.2) is 69.7 Å². The molecular formula is C30H27Cl3N8O8S2. The molecule has 0 saturated carbocycles. The lowest BCUT2D eigenvalue weighted by atomic mass is 10.2. The zero-order chi connectivity index (χ0) is 37.7. The second-order valence-corrected chi connectivity index (χ2v) is 14.7. The van der Waals surface area contributed by atoms with E-state index in [1.54, 1.807) is 12.1 Å². The molecule has 268 valence electrons. The SMILES string of the molecule is CCN(CCCS(=O)(=O)O)c1ccc(/N=N/c2c(C#N)c(Cl)nn2-c2c(Cl)cc(NC(=O)c3cccc(S(=O)(=O)O)c3)cc2Cl)c(NC(C)=O)c1. The van der Waals surface area contributed by atoms with Crippen molar-refractivity contribution >= 4 is 95.4 Å². The van der Waals surface area contributed by atoms with Crippen molar-refractivity contribution in [1.29, 1.82) is 5.26 Å². The second-order valence-electron chi connectivity index (χ2n) is 10.6. The van der Waals surface area contributed by atoms with Crippen LogP contribution in [0.4, 0.5) is 28.6 Å². The zero-order valence-corrected chi connectivity index (χ0v) is 30.4. The largest absolute Gasteiger partial charge is 0.372 e. The summed E-state index contributed by atoms with van der Waals surface area (Å²) in [6, 6.07) is 14.0. The predicted molar refractivity (Wildman–Crippen MR) is 191 cm³/mol. The van der Waals surface area contributed by atoms with E-state index in [2.05, 4.69) is 26.0 Å². The van der Waals surface area contributed by atoms with Crippen LogP contribution in [0.2, 0.25) is 15.2 Å². The Kier molecular flexibility index (Phi) is 12.4. The number of hydrogen-bond acceptors (Lipinski definition) is 11. The van der Waals surface area contributed by atoms with Crippen LogP contribution >= 0.6 is 34.8 Å². The first-order valence-corrected chi connectivity index (χ1v) is 18.7. The molecule has 3 aromatic carbocycles. The Labute approximate surface area is 307 Å². The lowest BCUT2D eigenvalue weighted by Crippen LogP contribution is -2.25. The molecule has 0 bridgehead atoms. The fraction of sp³-hybridized carbons (Fsp3) is 0.200. The summed E-state index contributed by atoms with van der Waals surface area (Å²) in [6.45, 7) is 3.88. The number of aromatic nitrogens is 2. The van der Waals surface area contributed by atoms with Gasteiger partial charge >= 0.3 is 0 Å². The Hall–Kier alpha value is -4.61. The van der Waals surface area contributed by atoms with Crippen molar-refractivity contribution in [2.24, 2.45) is 10.2 Å². The molecule has 0 unspecified atom stereocenters. The van der Waals surface area contributed by atoms with E-state index >= 15 is 0 Å². The molecule has 51 heavy (non-hydrogen) atoms. The monoisotopic (exact) mass is 796 g/mol. The highest BCUT2D eigenvalue weighted by Gasteiger charge is 2.23. The van der Waals surface area contributed by atoms with Gasteiger partial charge in [-0.25, -0.2) is 4.68 Å². The highest BCUT2D eigenvalue weighted by atomic mass is 35.5. The molecule has 16 nitrogen and oxygen atoms in total. The molecular weight excluding hydrogens is 771 g/mol. The molecule has 0 spiro atoms. The van der Waals surface area contributed by atoms with Crippen LogP contribution in [-0.4, -0.2) is 66.4 Å². The van der Waals surface area contributed by atoms with Crippen molar-refractivity contribution in [3.8, 4) is 11.8 Å². The molecule has 1 heterocycles. The van der Waals surface area contributed by atoms with Crippen LogP contribution in [0.5, 0.6) is 0 Å². The van der Waals surface area contributed by atoms with E-state index < -0.39 is 42.7 Å². The smallest absolute Gasteiger partial charge is 0.294 e. The Morgan fingerprint density at radius 3 is 2.27 bits per heavy atom. The van der Waals surface area contributed by atoms with Gasteiger partial charge in [-0.2, -0.15) is 27.2 Å². The quantitative estimate of drug-likeness (QED) is 0.0822. The maximum Gasteiger partial charge on any atom is 0.294 e. The number of carbonyl (C=O) groups is 2. The first-order valence-electron chi connectivity index (χ1n) is 14.5. The molecule has 0 atom stereocenters. The number of nitriles is 1. The molecule has 0 aliphatic rings. The Bertz CT molecular complexity index is 2290. The average Bonchev–Trinajstić information content (AvgIpc) is 3.35. The number of benzene rings is 3. The van der Waals surface area contributed by atoms with Gasteiger partial charge in [0.2, 0.25) is 5.91 Å². The van der Waals surface area contributed by atoms with Crippen molar-refractivity contribution in [3.05, 3.63) is 80.9 Å². The summed E-state index contributed by atoms with van der Waals surface area (Å²) in [6.07, 6.45) is 0.147. The van der Waals surface area contributed by atoms with E-state index in [-0.39, 0.29) is 67.9 Å². The number of nitrogens with one attached hydrogen (secondary N) is 2. The van der Waals surface area contributed by atoms with Crippen molar-refractivity contribution in [3.63, 3.8) is 0 Å².